The van der Waals surface area contributed by atoms with E-state index in [1.807, 2.05) is 11.3 Å². The van der Waals surface area contributed by atoms with E-state index in [9.17, 15) is 0 Å². The second-order valence-corrected chi connectivity index (χ2v) is 6.65. The molecule has 1 aliphatic carbocycles. The van der Waals surface area contributed by atoms with E-state index in [1.54, 1.807) is 12.0 Å². The number of aryl methyl sites for hydroxylation is 1. The van der Waals surface area contributed by atoms with Crippen molar-refractivity contribution in [2.45, 2.75) is 38.5 Å². The van der Waals surface area contributed by atoms with E-state index >= 15 is 0 Å². The average molecular weight is 281 g/mol. The molecule has 19 heavy (non-hydrogen) atoms. The molecule has 1 aromatic heterocycles. The summed E-state index contributed by atoms with van der Waals surface area (Å²) < 4.78 is 5.11. The zero-order valence-electron chi connectivity index (χ0n) is 12.1. The van der Waals surface area contributed by atoms with Gasteiger partial charge in [-0.3, -0.25) is 0 Å². The van der Waals surface area contributed by atoms with Crippen LogP contribution in [0.4, 0.5) is 0 Å². The molecule has 1 unspecified atom stereocenters. The van der Waals surface area contributed by atoms with Crippen LogP contribution in [0.3, 0.4) is 0 Å². The van der Waals surface area contributed by atoms with E-state index in [-0.39, 0.29) is 0 Å². The minimum absolute atomic E-state index is 0.822. The molecule has 0 aliphatic heterocycles. The van der Waals surface area contributed by atoms with Gasteiger partial charge in [0.2, 0.25) is 0 Å². The summed E-state index contributed by atoms with van der Waals surface area (Å²) in [5.74, 6) is 1.80. The Hall–Kier alpha value is -0.380. The molecule has 0 aromatic carbocycles. The number of thiophene rings is 1. The van der Waals surface area contributed by atoms with Gasteiger partial charge in [0.15, 0.2) is 0 Å². The highest BCUT2D eigenvalue weighted by molar-refractivity contribution is 7.09. The van der Waals surface area contributed by atoms with Crippen LogP contribution < -0.4 is 5.32 Å². The first kappa shape index (κ1) is 15.0. The lowest BCUT2D eigenvalue weighted by Crippen LogP contribution is -2.30. The molecule has 0 bridgehead atoms. The number of rotatable bonds is 9. The van der Waals surface area contributed by atoms with Crippen molar-refractivity contribution in [3.63, 3.8) is 0 Å². The fourth-order valence-electron chi connectivity index (χ4n) is 3.18. The summed E-state index contributed by atoms with van der Waals surface area (Å²) in [7, 11) is 1.77. The molecular formula is C16H27NOS. The van der Waals surface area contributed by atoms with Crippen molar-refractivity contribution < 1.29 is 4.74 Å². The maximum Gasteiger partial charge on any atom is 0.0587 e. The summed E-state index contributed by atoms with van der Waals surface area (Å²) in [6.45, 7) is 2.97. The van der Waals surface area contributed by atoms with E-state index in [0.29, 0.717) is 0 Å². The number of nitrogens with one attached hydrogen (secondary N) is 1. The quantitative estimate of drug-likeness (QED) is 0.697. The Bertz CT molecular complexity index is 319. The molecule has 1 fully saturated rings. The minimum Gasteiger partial charge on any atom is -0.383 e. The summed E-state index contributed by atoms with van der Waals surface area (Å²) in [5.41, 5.74) is 0. The third kappa shape index (κ3) is 5.25. The summed E-state index contributed by atoms with van der Waals surface area (Å²) >= 11 is 1.90. The molecule has 1 N–H and O–H groups in total. The fourth-order valence-corrected chi connectivity index (χ4v) is 3.90. The zero-order valence-corrected chi connectivity index (χ0v) is 12.9. The molecule has 1 atom stereocenters. The first-order chi connectivity index (χ1) is 9.40. The van der Waals surface area contributed by atoms with Gasteiger partial charge in [-0.1, -0.05) is 31.7 Å². The first-order valence-electron chi connectivity index (χ1n) is 7.62. The van der Waals surface area contributed by atoms with Crippen molar-refractivity contribution in [1.29, 1.82) is 0 Å². The normalized spacial score (nSPS) is 17.9. The van der Waals surface area contributed by atoms with Crippen molar-refractivity contribution in [3.8, 4) is 0 Å². The number of methoxy groups -OCH3 is 1. The highest BCUT2D eigenvalue weighted by Crippen LogP contribution is 2.33. The van der Waals surface area contributed by atoms with Gasteiger partial charge in [-0.2, -0.15) is 0 Å². The summed E-state index contributed by atoms with van der Waals surface area (Å²) in [6.07, 6.45) is 8.37. The van der Waals surface area contributed by atoms with Crippen LogP contribution in [0.5, 0.6) is 0 Å². The maximum absolute atomic E-state index is 5.11. The first-order valence-corrected chi connectivity index (χ1v) is 8.50. The van der Waals surface area contributed by atoms with Crippen molar-refractivity contribution in [2.24, 2.45) is 11.8 Å². The molecule has 1 saturated carbocycles. The lowest BCUT2D eigenvalue weighted by atomic mass is 9.87. The molecule has 108 valence electrons. The molecule has 0 radical (unpaired) electrons. The van der Waals surface area contributed by atoms with Crippen LogP contribution in [0.25, 0.3) is 0 Å². The van der Waals surface area contributed by atoms with Crippen LogP contribution in [0, 0.1) is 11.8 Å². The van der Waals surface area contributed by atoms with Crippen LogP contribution in [-0.2, 0) is 11.2 Å². The number of ether oxygens (including phenoxy) is 1. The van der Waals surface area contributed by atoms with Crippen LogP contribution in [0.2, 0.25) is 0 Å². The molecule has 2 nitrogen and oxygen atoms in total. The third-order valence-corrected chi connectivity index (χ3v) is 5.23. The fraction of sp³-hybridized carbons (Fsp3) is 0.750. The molecule has 0 spiro atoms. The summed E-state index contributed by atoms with van der Waals surface area (Å²) in [5, 5.41) is 5.76. The Kier molecular flexibility index (Phi) is 6.90. The van der Waals surface area contributed by atoms with Crippen LogP contribution in [0.15, 0.2) is 17.5 Å². The van der Waals surface area contributed by atoms with Gasteiger partial charge in [-0.15, -0.1) is 11.3 Å². The molecule has 1 aliphatic rings. The van der Waals surface area contributed by atoms with Gasteiger partial charge in [-0.05, 0) is 42.7 Å². The smallest absolute Gasteiger partial charge is 0.0587 e. The predicted molar refractivity (Wildman–Crippen MR) is 82.8 cm³/mol. The molecule has 3 heteroatoms. The SMILES string of the molecule is COCCNCC(CCc1cccs1)C1CCCC1. The van der Waals surface area contributed by atoms with Crippen molar-refractivity contribution in [1.82, 2.24) is 5.32 Å². The molecular weight excluding hydrogens is 254 g/mol. The van der Waals surface area contributed by atoms with Crippen LogP contribution >= 0.6 is 11.3 Å². The lowest BCUT2D eigenvalue weighted by molar-refractivity contribution is 0.194. The van der Waals surface area contributed by atoms with E-state index in [4.69, 9.17) is 4.74 Å². The van der Waals surface area contributed by atoms with E-state index < -0.39 is 0 Å². The monoisotopic (exact) mass is 281 g/mol. The molecule has 1 heterocycles. The van der Waals surface area contributed by atoms with Crippen molar-refractivity contribution in [2.75, 3.05) is 26.8 Å². The lowest BCUT2D eigenvalue weighted by Gasteiger charge is -2.23. The highest BCUT2D eigenvalue weighted by Gasteiger charge is 2.24. The maximum atomic E-state index is 5.11. The van der Waals surface area contributed by atoms with Crippen molar-refractivity contribution in [3.05, 3.63) is 22.4 Å². The van der Waals surface area contributed by atoms with E-state index in [0.717, 1.165) is 25.0 Å². The van der Waals surface area contributed by atoms with Gasteiger partial charge in [0, 0.05) is 18.5 Å². The standard InChI is InChI=1S/C16H27NOS/c1-18-11-10-17-13-15(14-5-2-3-6-14)8-9-16-7-4-12-19-16/h4,7,12,14-15,17H,2-3,5-6,8-11,13H2,1H3. The zero-order chi connectivity index (χ0) is 13.3. The predicted octanol–water partition coefficient (Wildman–Crippen LogP) is 3.72. The minimum atomic E-state index is 0.822. The highest BCUT2D eigenvalue weighted by atomic mass is 32.1. The Morgan fingerprint density at radius 1 is 1.42 bits per heavy atom. The van der Waals surface area contributed by atoms with Crippen LogP contribution in [0.1, 0.15) is 37.0 Å². The average Bonchev–Trinajstić information content (AvgIpc) is 3.11. The van der Waals surface area contributed by atoms with Gasteiger partial charge >= 0.3 is 0 Å². The Balaban J connectivity index is 1.75. The topological polar surface area (TPSA) is 21.3 Å². The molecule has 0 saturated heterocycles. The van der Waals surface area contributed by atoms with Crippen molar-refractivity contribution >= 4 is 11.3 Å². The summed E-state index contributed by atoms with van der Waals surface area (Å²) in [6, 6.07) is 4.44. The molecule has 1 aromatic rings. The Morgan fingerprint density at radius 2 is 2.26 bits per heavy atom. The Morgan fingerprint density at radius 3 is 2.95 bits per heavy atom. The second-order valence-electron chi connectivity index (χ2n) is 5.62. The largest absolute Gasteiger partial charge is 0.383 e. The third-order valence-electron chi connectivity index (χ3n) is 4.30. The summed E-state index contributed by atoms with van der Waals surface area (Å²) in [4.78, 5) is 1.54. The van der Waals surface area contributed by atoms with Crippen LogP contribution in [-0.4, -0.2) is 26.8 Å². The van der Waals surface area contributed by atoms with E-state index in [1.165, 1.54) is 45.1 Å². The number of hydrogen-bond acceptors (Lipinski definition) is 3. The van der Waals surface area contributed by atoms with Gasteiger partial charge in [0.25, 0.3) is 0 Å². The Labute approximate surface area is 121 Å². The van der Waals surface area contributed by atoms with Gasteiger partial charge < -0.3 is 10.1 Å². The van der Waals surface area contributed by atoms with E-state index in [2.05, 4.69) is 22.8 Å². The number of hydrogen-bond donors (Lipinski definition) is 1. The molecule has 0 amide bonds. The van der Waals surface area contributed by atoms with Gasteiger partial charge in [-0.25, -0.2) is 0 Å². The van der Waals surface area contributed by atoms with Gasteiger partial charge in [0.1, 0.15) is 0 Å². The molecule has 2 rings (SSSR count). The van der Waals surface area contributed by atoms with Gasteiger partial charge in [0.05, 0.1) is 6.61 Å². The second kappa shape index (κ2) is 8.72.